The lowest BCUT2D eigenvalue weighted by Crippen LogP contribution is -2.14. The van der Waals surface area contributed by atoms with Crippen molar-refractivity contribution in [2.45, 2.75) is 46.1 Å². The molecule has 3 atom stereocenters. The lowest BCUT2D eigenvalue weighted by molar-refractivity contribution is -0.105. The maximum Gasteiger partial charge on any atom is 0.145 e. The second-order valence-electron chi connectivity index (χ2n) is 6.09. The number of hydrogen-bond donors (Lipinski definition) is 1. The summed E-state index contributed by atoms with van der Waals surface area (Å²) in [4.78, 5) is 11.0. The van der Waals surface area contributed by atoms with Crippen molar-refractivity contribution in [2.75, 3.05) is 0 Å². The van der Waals surface area contributed by atoms with Gasteiger partial charge in [0.2, 0.25) is 0 Å². The lowest BCUT2D eigenvalue weighted by Gasteiger charge is -2.13. The van der Waals surface area contributed by atoms with Gasteiger partial charge in [-0.05, 0) is 49.0 Å². The fraction of sp³-hybridized carbons (Fsp3) is 0.667. The maximum absolute atomic E-state index is 11.0. The van der Waals surface area contributed by atoms with E-state index in [1.165, 1.54) is 5.57 Å². The first-order valence-electron chi connectivity index (χ1n) is 6.46. The maximum atomic E-state index is 11.0. The van der Waals surface area contributed by atoms with Crippen molar-refractivity contribution in [1.29, 1.82) is 0 Å². The van der Waals surface area contributed by atoms with E-state index >= 15 is 0 Å². The van der Waals surface area contributed by atoms with E-state index in [0.29, 0.717) is 11.8 Å². The molecule has 0 aromatic carbocycles. The zero-order valence-corrected chi connectivity index (χ0v) is 10.9. The molecule has 0 aromatic heterocycles. The van der Waals surface area contributed by atoms with Crippen molar-refractivity contribution in [3.05, 3.63) is 23.3 Å². The van der Waals surface area contributed by atoms with Gasteiger partial charge in [0.25, 0.3) is 0 Å². The van der Waals surface area contributed by atoms with Gasteiger partial charge in [-0.15, -0.1) is 0 Å². The Hall–Kier alpha value is -0.890. The van der Waals surface area contributed by atoms with Crippen molar-refractivity contribution in [3.63, 3.8) is 0 Å². The number of aldehydes is 1. The third-order valence-electron chi connectivity index (χ3n) is 4.41. The van der Waals surface area contributed by atoms with Crippen molar-refractivity contribution in [1.82, 2.24) is 0 Å². The summed E-state index contributed by atoms with van der Waals surface area (Å²) in [5.74, 6) is 0.669. The Bertz CT molecular complexity index is 376. The standard InChI is InChI=1S/C15H22O2/c1-10-5-4-6-11(9-16)8-12-14(13(17)7-10)15(12,2)3/h5,8-9,12-14,17H,4,6-7H2,1-3H3/t12-,13+,14-/m1/s1. The van der Waals surface area contributed by atoms with Crippen LogP contribution in [0.4, 0.5) is 0 Å². The van der Waals surface area contributed by atoms with Crippen molar-refractivity contribution < 1.29 is 9.90 Å². The van der Waals surface area contributed by atoms with E-state index in [0.717, 1.165) is 31.1 Å². The van der Waals surface area contributed by atoms with Gasteiger partial charge in [0, 0.05) is 0 Å². The highest BCUT2D eigenvalue weighted by molar-refractivity contribution is 5.73. The second kappa shape index (κ2) is 4.41. The predicted molar refractivity (Wildman–Crippen MR) is 68.5 cm³/mol. The van der Waals surface area contributed by atoms with E-state index in [4.69, 9.17) is 0 Å². The first-order valence-corrected chi connectivity index (χ1v) is 6.46. The molecule has 0 bridgehead atoms. The monoisotopic (exact) mass is 234 g/mol. The van der Waals surface area contributed by atoms with E-state index in [1.807, 2.05) is 0 Å². The molecule has 2 heteroatoms. The minimum absolute atomic E-state index is 0.137. The van der Waals surface area contributed by atoms with Crippen LogP contribution in [0.25, 0.3) is 0 Å². The summed E-state index contributed by atoms with van der Waals surface area (Å²) in [6, 6.07) is 0. The summed E-state index contributed by atoms with van der Waals surface area (Å²) in [7, 11) is 0. The van der Waals surface area contributed by atoms with E-state index in [1.54, 1.807) is 0 Å². The molecule has 1 saturated carbocycles. The van der Waals surface area contributed by atoms with Crippen LogP contribution in [0.5, 0.6) is 0 Å². The Morgan fingerprint density at radius 2 is 2.18 bits per heavy atom. The Labute approximate surface area is 103 Å². The number of carbonyl (C=O) groups excluding carboxylic acids is 1. The van der Waals surface area contributed by atoms with Gasteiger partial charge in [0.15, 0.2) is 0 Å². The number of aliphatic hydroxyl groups is 1. The van der Waals surface area contributed by atoms with Gasteiger partial charge in [-0.3, -0.25) is 4.79 Å². The summed E-state index contributed by atoms with van der Waals surface area (Å²) in [5.41, 5.74) is 2.27. The highest BCUT2D eigenvalue weighted by atomic mass is 16.3. The molecule has 0 aliphatic heterocycles. The summed E-state index contributed by atoms with van der Waals surface area (Å²) >= 11 is 0. The molecule has 0 saturated heterocycles. The average molecular weight is 234 g/mol. The normalized spacial score (nSPS) is 36.4. The Kier molecular flexibility index (Phi) is 3.26. The molecule has 2 aliphatic rings. The number of carbonyl (C=O) groups is 1. The molecule has 1 N–H and O–H groups in total. The van der Waals surface area contributed by atoms with Crippen LogP contribution in [0.3, 0.4) is 0 Å². The van der Waals surface area contributed by atoms with Crippen LogP contribution in [-0.4, -0.2) is 17.5 Å². The van der Waals surface area contributed by atoms with Crippen molar-refractivity contribution >= 4 is 6.29 Å². The zero-order chi connectivity index (χ0) is 12.6. The molecule has 2 nitrogen and oxygen atoms in total. The van der Waals surface area contributed by atoms with Crippen LogP contribution in [0, 0.1) is 17.3 Å². The number of hydrogen-bond acceptors (Lipinski definition) is 2. The molecular weight excluding hydrogens is 212 g/mol. The summed E-state index contributed by atoms with van der Waals surface area (Å²) in [5, 5.41) is 10.2. The number of fused-ring (bicyclic) bond motifs is 1. The topological polar surface area (TPSA) is 37.3 Å². The fourth-order valence-corrected chi connectivity index (χ4v) is 3.21. The zero-order valence-electron chi connectivity index (χ0n) is 10.9. The molecule has 94 valence electrons. The second-order valence-corrected chi connectivity index (χ2v) is 6.09. The fourth-order valence-electron chi connectivity index (χ4n) is 3.21. The van der Waals surface area contributed by atoms with Gasteiger partial charge in [-0.25, -0.2) is 0 Å². The third-order valence-corrected chi connectivity index (χ3v) is 4.41. The summed E-state index contributed by atoms with van der Waals surface area (Å²) in [6.07, 6.45) is 7.45. The van der Waals surface area contributed by atoms with Crippen molar-refractivity contribution in [2.24, 2.45) is 17.3 Å². The molecule has 0 heterocycles. The van der Waals surface area contributed by atoms with Crippen LogP contribution >= 0.6 is 0 Å². The molecule has 0 unspecified atom stereocenters. The van der Waals surface area contributed by atoms with Gasteiger partial charge in [-0.1, -0.05) is 31.6 Å². The van der Waals surface area contributed by atoms with Gasteiger partial charge >= 0.3 is 0 Å². The van der Waals surface area contributed by atoms with Crippen molar-refractivity contribution in [3.8, 4) is 0 Å². The third kappa shape index (κ3) is 2.37. The van der Waals surface area contributed by atoms with E-state index in [2.05, 4.69) is 32.9 Å². The molecule has 2 aliphatic carbocycles. The molecule has 2 rings (SSSR count). The Morgan fingerprint density at radius 1 is 1.47 bits per heavy atom. The number of aliphatic hydroxyl groups excluding tert-OH is 1. The largest absolute Gasteiger partial charge is 0.392 e. The van der Waals surface area contributed by atoms with E-state index in [-0.39, 0.29) is 11.5 Å². The molecule has 17 heavy (non-hydrogen) atoms. The predicted octanol–water partition coefficient (Wildman–Crippen LogP) is 2.88. The minimum atomic E-state index is -0.270. The van der Waals surface area contributed by atoms with E-state index in [9.17, 15) is 9.90 Å². The van der Waals surface area contributed by atoms with Crippen LogP contribution in [-0.2, 0) is 4.79 Å². The first-order chi connectivity index (χ1) is 7.96. The first kappa shape index (κ1) is 12.6. The van der Waals surface area contributed by atoms with Crippen LogP contribution in [0.1, 0.15) is 40.0 Å². The van der Waals surface area contributed by atoms with Gasteiger partial charge in [0.05, 0.1) is 6.10 Å². The van der Waals surface area contributed by atoms with E-state index < -0.39 is 0 Å². The van der Waals surface area contributed by atoms with Crippen LogP contribution in [0.15, 0.2) is 23.3 Å². The smallest absolute Gasteiger partial charge is 0.145 e. The number of allylic oxidation sites excluding steroid dienone is 3. The molecule has 0 amide bonds. The Balaban J connectivity index is 2.26. The van der Waals surface area contributed by atoms with Gasteiger partial charge < -0.3 is 5.11 Å². The molecular formula is C15H22O2. The highest BCUT2D eigenvalue weighted by Crippen LogP contribution is 2.61. The average Bonchev–Trinajstić information content (AvgIpc) is 2.78. The molecule has 0 aromatic rings. The lowest BCUT2D eigenvalue weighted by atomic mass is 9.98. The quantitative estimate of drug-likeness (QED) is 0.559. The van der Waals surface area contributed by atoms with Crippen LogP contribution < -0.4 is 0 Å². The molecule has 1 fully saturated rings. The van der Waals surface area contributed by atoms with Gasteiger partial charge in [-0.2, -0.15) is 0 Å². The Morgan fingerprint density at radius 3 is 2.82 bits per heavy atom. The molecule has 0 spiro atoms. The summed E-state index contributed by atoms with van der Waals surface area (Å²) < 4.78 is 0. The van der Waals surface area contributed by atoms with Crippen LogP contribution in [0.2, 0.25) is 0 Å². The van der Waals surface area contributed by atoms with Gasteiger partial charge in [0.1, 0.15) is 6.29 Å². The molecule has 0 radical (unpaired) electrons. The minimum Gasteiger partial charge on any atom is -0.392 e. The number of rotatable bonds is 1. The SMILES string of the molecule is CC1=CCCC(C=O)=C[C@@H]2[C@H]([C@@H](O)C1)C2(C)C. The summed E-state index contributed by atoms with van der Waals surface area (Å²) in [6.45, 7) is 6.43. The highest BCUT2D eigenvalue weighted by Gasteiger charge is 2.59.